The van der Waals surface area contributed by atoms with Gasteiger partial charge in [-0.1, -0.05) is 29.8 Å². The number of nitrogens with one attached hydrogen (secondary N) is 1. The van der Waals surface area contributed by atoms with Crippen LogP contribution in [0.1, 0.15) is 5.56 Å². The van der Waals surface area contributed by atoms with Crippen molar-refractivity contribution in [1.29, 1.82) is 0 Å². The Morgan fingerprint density at radius 2 is 1.93 bits per heavy atom. The number of halogens is 1. The SMILES string of the molecule is Cc1cc(Cl)n(Nc2ccccc2)c1. The number of benzene rings is 1. The van der Waals surface area contributed by atoms with Crippen LogP contribution in [-0.4, -0.2) is 4.68 Å². The van der Waals surface area contributed by atoms with Gasteiger partial charge in [0.15, 0.2) is 0 Å². The Bertz CT molecular complexity index is 420. The van der Waals surface area contributed by atoms with Crippen molar-refractivity contribution < 1.29 is 0 Å². The summed E-state index contributed by atoms with van der Waals surface area (Å²) in [5.41, 5.74) is 5.33. The van der Waals surface area contributed by atoms with Crippen LogP contribution in [0.3, 0.4) is 0 Å². The molecule has 2 rings (SSSR count). The highest BCUT2D eigenvalue weighted by molar-refractivity contribution is 6.29. The van der Waals surface area contributed by atoms with Crippen molar-refractivity contribution >= 4 is 17.3 Å². The van der Waals surface area contributed by atoms with Crippen LogP contribution in [0.15, 0.2) is 42.6 Å². The largest absolute Gasteiger partial charge is 0.294 e. The molecule has 2 nitrogen and oxygen atoms in total. The first-order valence-electron chi connectivity index (χ1n) is 4.42. The van der Waals surface area contributed by atoms with E-state index in [1.807, 2.05) is 49.5 Å². The van der Waals surface area contributed by atoms with Gasteiger partial charge in [0, 0.05) is 6.20 Å². The summed E-state index contributed by atoms with van der Waals surface area (Å²) in [4.78, 5) is 0. The van der Waals surface area contributed by atoms with Gasteiger partial charge in [0.2, 0.25) is 0 Å². The van der Waals surface area contributed by atoms with Crippen molar-refractivity contribution in [3.63, 3.8) is 0 Å². The van der Waals surface area contributed by atoms with Crippen molar-refractivity contribution in [2.45, 2.75) is 6.92 Å². The molecule has 0 radical (unpaired) electrons. The summed E-state index contributed by atoms with van der Waals surface area (Å²) in [6.45, 7) is 2.01. The van der Waals surface area contributed by atoms with Gasteiger partial charge in [-0.25, -0.2) is 0 Å². The molecule has 0 fully saturated rings. The molecule has 0 saturated heterocycles. The van der Waals surface area contributed by atoms with E-state index in [2.05, 4.69) is 5.43 Å². The molecule has 1 N–H and O–H groups in total. The topological polar surface area (TPSA) is 17.0 Å². The van der Waals surface area contributed by atoms with Crippen molar-refractivity contribution in [3.05, 3.63) is 53.3 Å². The molecule has 3 heteroatoms. The Morgan fingerprint density at radius 3 is 2.50 bits per heavy atom. The zero-order chi connectivity index (χ0) is 9.97. The lowest BCUT2D eigenvalue weighted by molar-refractivity contribution is 0.968. The van der Waals surface area contributed by atoms with Gasteiger partial charge in [-0.3, -0.25) is 10.1 Å². The molecule has 72 valence electrons. The zero-order valence-corrected chi connectivity index (χ0v) is 8.62. The van der Waals surface area contributed by atoms with Gasteiger partial charge in [-0.2, -0.15) is 0 Å². The summed E-state index contributed by atoms with van der Waals surface area (Å²) in [5.74, 6) is 0. The predicted octanol–water partition coefficient (Wildman–Crippen LogP) is 3.33. The lowest BCUT2D eigenvalue weighted by atomic mass is 10.3. The summed E-state index contributed by atoms with van der Waals surface area (Å²) in [6, 6.07) is 11.8. The third-order valence-corrected chi connectivity index (χ3v) is 2.22. The molecule has 0 atom stereocenters. The first-order chi connectivity index (χ1) is 6.75. The smallest absolute Gasteiger partial charge is 0.128 e. The average molecular weight is 207 g/mol. The molecule has 1 aromatic heterocycles. The fraction of sp³-hybridized carbons (Fsp3) is 0.0909. The average Bonchev–Trinajstić information content (AvgIpc) is 2.47. The quantitative estimate of drug-likeness (QED) is 0.798. The first kappa shape index (κ1) is 9.16. The maximum atomic E-state index is 6.00. The standard InChI is InChI=1S/C11H11ClN2/c1-9-7-11(12)14(8-9)13-10-5-3-2-4-6-10/h2-8,13H,1H3. The van der Waals surface area contributed by atoms with E-state index in [4.69, 9.17) is 11.6 Å². The molecule has 0 bridgehead atoms. The van der Waals surface area contributed by atoms with Gasteiger partial charge in [-0.15, -0.1) is 0 Å². The molecule has 1 aromatic carbocycles. The minimum Gasteiger partial charge on any atom is -0.294 e. The minimum atomic E-state index is 0.686. The van der Waals surface area contributed by atoms with Gasteiger partial charge in [0.1, 0.15) is 5.15 Å². The van der Waals surface area contributed by atoms with E-state index in [9.17, 15) is 0 Å². The third kappa shape index (κ3) is 1.91. The molecule has 0 amide bonds. The number of hydrogen-bond donors (Lipinski definition) is 1. The molecule has 0 aliphatic rings. The molecular formula is C11H11ClN2. The van der Waals surface area contributed by atoms with Gasteiger partial charge in [-0.05, 0) is 30.7 Å². The van der Waals surface area contributed by atoms with Crippen LogP contribution in [0.4, 0.5) is 5.69 Å². The summed E-state index contributed by atoms with van der Waals surface area (Å²) < 4.78 is 1.80. The van der Waals surface area contributed by atoms with E-state index in [0.717, 1.165) is 11.3 Å². The van der Waals surface area contributed by atoms with E-state index in [-0.39, 0.29) is 0 Å². The molecule has 1 heterocycles. The number of aromatic nitrogens is 1. The molecular weight excluding hydrogens is 196 g/mol. The highest BCUT2D eigenvalue weighted by Gasteiger charge is 1.99. The zero-order valence-electron chi connectivity index (χ0n) is 7.87. The van der Waals surface area contributed by atoms with Crippen molar-refractivity contribution in [2.75, 3.05) is 5.43 Å². The Labute approximate surface area is 88.1 Å². The molecule has 0 unspecified atom stereocenters. The Hall–Kier alpha value is -1.41. The van der Waals surface area contributed by atoms with E-state index in [0.29, 0.717) is 5.15 Å². The second-order valence-corrected chi connectivity index (χ2v) is 3.58. The highest BCUT2D eigenvalue weighted by atomic mass is 35.5. The second-order valence-electron chi connectivity index (χ2n) is 3.19. The van der Waals surface area contributed by atoms with Gasteiger partial charge >= 0.3 is 0 Å². The van der Waals surface area contributed by atoms with Crippen LogP contribution in [0, 0.1) is 6.92 Å². The van der Waals surface area contributed by atoms with E-state index in [1.54, 1.807) is 4.68 Å². The molecule has 0 aliphatic heterocycles. The fourth-order valence-electron chi connectivity index (χ4n) is 1.30. The summed E-state index contributed by atoms with van der Waals surface area (Å²) in [7, 11) is 0. The lowest BCUT2D eigenvalue weighted by Gasteiger charge is -2.07. The van der Waals surface area contributed by atoms with E-state index >= 15 is 0 Å². The molecule has 0 aliphatic carbocycles. The number of nitrogens with zero attached hydrogens (tertiary/aromatic N) is 1. The normalized spacial score (nSPS) is 10.1. The number of hydrogen-bond acceptors (Lipinski definition) is 1. The van der Waals surface area contributed by atoms with Crippen LogP contribution < -0.4 is 5.43 Å². The fourth-order valence-corrected chi connectivity index (χ4v) is 1.56. The highest BCUT2D eigenvalue weighted by Crippen LogP contribution is 2.14. The van der Waals surface area contributed by atoms with Crippen LogP contribution in [-0.2, 0) is 0 Å². The van der Waals surface area contributed by atoms with E-state index in [1.165, 1.54) is 0 Å². The molecule has 0 spiro atoms. The van der Waals surface area contributed by atoms with Crippen LogP contribution >= 0.6 is 11.6 Å². The van der Waals surface area contributed by atoms with E-state index < -0.39 is 0 Å². The van der Waals surface area contributed by atoms with Crippen molar-refractivity contribution in [1.82, 2.24) is 4.68 Å². The summed E-state index contributed by atoms with van der Waals surface area (Å²) in [6.07, 6.45) is 1.95. The maximum Gasteiger partial charge on any atom is 0.128 e. The number of aryl methyl sites for hydroxylation is 1. The Morgan fingerprint density at radius 1 is 1.21 bits per heavy atom. The maximum absolute atomic E-state index is 6.00. The monoisotopic (exact) mass is 206 g/mol. The second kappa shape index (κ2) is 3.76. The minimum absolute atomic E-state index is 0.686. The Kier molecular flexibility index (Phi) is 2.46. The van der Waals surface area contributed by atoms with Crippen molar-refractivity contribution in [3.8, 4) is 0 Å². The first-order valence-corrected chi connectivity index (χ1v) is 4.80. The molecule has 2 aromatic rings. The van der Waals surface area contributed by atoms with Crippen LogP contribution in [0.5, 0.6) is 0 Å². The van der Waals surface area contributed by atoms with Crippen LogP contribution in [0.25, 0.3) is 0 Å². The number of anilines is 1. The van der Waals surface area contributed by atoms with Crippen molar-refractivity contribution in [2.24, 2.45) is 0 Å². The van der Waals surface area contributed by atoms with Gasteiger partial charge in [0.25, 0.3) is 0 Å². The Balaban J connectivity index is 2.23. The lowest BCUT2D eigenvalue weighted by Crippen LogP contribution is -2.06. The summed E-state index contributed by atoms with van der Waals surface area (Å²) >= 11 is 6.00. The molecule has 14 heavy (non-hydrogen) atoms. The van der Waals surface area contributed by atoms with Crippen LogP contribution in [0.2, 0.25) is 5.15 Å². The summed E-state index contributed by atoms with van der Waals surface area (Å²) in [5, 5.41) is 0.686. The molecule has 0 saturated carbocycles. The van der Waals surface area contributed by atoms with Gasteiger partial charge < -0.3 is 0 Å². The third-order valence-electron chi connectivity index (χ3n) is 1.93. The number of para-hydroxylation sites is 1. The predicted molar refractivity (Wildman–Crippen MR) is 59.6 cm³/mol. The number of rotatable bonds is 2. The van der Waals surface area contributed by atoms with Gasteiger partial charge in [0.05, 0.1) is 5.69 Å².